The fourth-order valence-corrected chi connectivity index (χ4v) is 1.38. The Morgan fingerprint density at radius 3 is 2.85 bits per heavy atom. The van der Waals surface area contributed by atoms with Crippen LogP contribution in [0.15, 0.2) is 23.0 Å². The van der Waals surface area contributed by atoms with E-state index in [1.807, 2.05) is 13.0 Å². The summed E-state index contributed by atoms with van der Waals surface area (Å²) in [6, 6.07) is 5.22. The number of fused-ring (bicyclic) bond motifs is 1. The molecule has 2 aromatic heterocycles. The van der Waals surface area contributed by atoms with E-state index in [-0.39, 0.29) is 5.56 Å². The molecule has 0 saturated heterocycles. The molecule has 0 saturated carbocycles. The number of aromatic amines is 2. The van der Waals surface area contributed by atoms with Crippen molar-refractivity contribution in [2.75, 3.05) is 0 Å². The van der Waals surface area contributed by atoms with Crippen LogP contribution in [0.3, 0.4) is 0 Å². The van der Waals surface area contributed by atoms with E-state index in [1.54, 1.807) is 6.07 Å². The third kappa shape index (κ3) is 1.40. The summed E-state index contributed by atoms with van der Waals surface area (Å²) in [5.74, 6) is 0. The van der Waals surface area contributed by atoms with Crippen LogP contribution in [0.2, 0.25) is 0 Å². The molecule has 0 aliphatic heterocycles. The summed E-state index contributed by atoms with van der Waals surface area (Å²) in [5, 5.41) is 0.964. The first-order valence-electron chi connectivity index (χ1n) is 3.90. The molecule has 0 radical (unpaired) electrons. The van der Waals surface area contributed by atoms with E-state index in [0.717, 1.165) is 10.9 Å². The number of pyridine rings is 2. The lowest BCUT2D eigenvalue weighted by molar-refractivity contribution is 1.20. The summed E-state index contributed by atoms with van der Waals surface area (Å²) in [6.45, 7) is 1.93. The van der Waals surface area contributed by atoms with E-state index >= 15 is 0 Å². The van der Waals surface area contributed by atoms with Gasteiger partial charge in [0.05, 0.1) is 0 Å². The standard InChI is InChI=1S/C9H8N2OS/c1-5-4-6-2-3-7(12)10-8(6)11-9(5)13/h2-4H,1H3,(H2,10,11,12,13). The minimum Gasteiger partial charge on any atom is -0.332 e. The number of aromatic nitrogens is 2. The fourth-order valence-electron chi connectivity index (χ4n) is 1.22. The van der Waals surface area contributed by atoms with E-state index < -0.39 is 0 Å². The molecule has 0 unspecified atom stereocenters. The summed E-state index contributed by atoms with van der Waals surface area (Å²) in [6.07, 6.45) is 0. The van der Waals surface area contributed by atoms with E-state index in [1.165, 1.54) is 6.07 Å². The van der Waals surface area contributed by atoms with E-state index in [9.17, 15) is 4.79 Å². The number of hydrogen-bond acceptors (Lipinski definition) is 2. The molecule has 3 nitrogen and oxygen atoms in total. The zero-order chi connectivity index (χ0) is 9.42. The Balaban J connectivity index is 2.97. The zero-order valence-electron chi connectivity index (χ0n) is 7.05. The third-order valence-corrected chi connectivity index (χ3v) is 2.34. The number of nitrogens with one attached hydrogen (secondary N) is 2. The van der Waals surface area contributed by atoms with Gasteiger partial charge in [-0.3, -0.25) is 4.79 Å². The maximum Gasteiger partial charge on any atom is 0.249 e. The highest BCUT2D eigenvalue weighted by Crippen LogP contribution is 2.09. The minimum absolute atomic E-state index is 0.123. The first-order chi connectivity index (χ1) is 6.16. The lowest BCUT2D eigenvalue weighted by atomic mass is 10.2. The van der Waals surface area contributed by atoms with Crippen molar-refractivity contribution >= 4 is 23.3 Å². The highest BCUT2D eigenvalue weighted by molar-refractivity contribution is 7.71. The van der Waals surface area contributed by atoms with Crippen LogP contribution in [0, 0.1) is 11.6 Å². The van der Waals surface area contributed by atoms with Crippen LogP contribution >= 0.6 is 12.2 Å². The van der Waals surface area contributed by atoms with E-state index in [4.69, 9.17) is 12.2 Å². The number of hydrogen-bond donors (Lipinski definition) is 2. The van der Waals surface area contributed by atoms with E-state index in [2.05, 4.69) is 9.97 Å². The van der Waals surface area contributed by atoms with Gasteiger partial charge in [0, 0.05) is 11.5 Å². The Hall–Kier alpha value is -1.42. The quantitative estimate of drug-likeness (QED) is 0.626. The second kappa shape index (κ2) is 2.81. The molecule has 0 aromatic carbocycles. The molecule has 66 valence electrons. The highest BCUT2D eigenvalue weighted by Gasteiger charge is 1.95. The topological polar surface area (TPSA) is 48.6 Å². The first-order valence-corrected chi connectivity index (χ1v) is 4.30. The first kappa shape index (κ1) is 8.19. The molecule has 0 aliphatic carbocycles. The molecule has 2 rings (SSSR count). The van der Waals surface area contributed by atoms with Crippen molar-refractivity contribution in [3.8, 4) is 0 Å². The van der Waals surface area contributed by atoms with Gasteiger partial charge in [-0.05, 0) is 24.6 Å². The van der Waals surface area contributed by atoms with Gasteiger partial charge in [0.25, 0.3) is 0 Å². The van der Waals surface area contributed by atoms with Gasteiger partial charge in [-0.25, -0.2) is 0 Å². The maximum absolute atomic E-state index is 11.0. The smallest absolute Gasteiger partial charge is 0.249 e. The van der Waals surface area contributed by atoms with E-state index in [0.29, 0.717) is 10.3 Å². The van der Waals surface area contributed by atoms with Gasteiger partial charge in [0.2, 0.25) is 5.56 Å². The van der Waals surface area contributed by atoms with Gasteiger partial charge < -0.3 is 9.97 Å². The molecular formula is C9H8N2OS. The molecule has 13 heavy (non-hydrogen) atoms. The van der Waals surface area contributed by atoms with Crippen LogP contribution in [-0.4, -0.2) is 9.97 Å². The molecule has 0 fully saturated rings. The second-order valence-corrected chi connectivity index (χ2v) is 3.34. The molecule has 0 bridgehead atoms. The van der Waals surface area contributed by atoms with Gasteiger partial charge in [0.15, 0.2) is 0 Å². The predicted molar refractivity (Wildman–Crippen MR) is 54.5 cm³/mol. The lowest BCUT2D eigenvalue weighted by Crippen LogP contribution is -2.03. The van der Waals surface area contributed by atoms with Crippen molar-refractivity contribution in [1.82, 2.24) is 9.97 Å². The van der Waals surface area contributed by atoms with Crippen molar-refractivity contribution in [3.05, 3.63) is 38.8 Å². The van der Waals surface area contributed by atoms with Crippen LogP contribution in [0.4, 0.5) is 0 Å². The van der Waals surface area contributed by atoms with Crippen LogP contribution in [-0.2, 0) is 0 Å². The Morgan fingerprint density at radius 2 is 2.08 bits per heavy atom. The Morgan fingerprint density at radius 1 is 1.31 bits per heavy atom. The molecular weight excluding hydrogens is 184 g/mol. The van der Waals surface area contributed by atoms with Crippen LogP contribution in [0.5, 0.6) is 0 Å². The fraction of sp³-hybridized carbons (Fsp3) is 0.111. The van der Waals surface area contributed by atoms with Crippen LogP contribution in [0.25, 0.3) is 11.0 Å². The third-order valence-electron chi connectivity index (χ3n) is 1.92. The van der Waals surface area contributed by atoms with Gasteiger partial charge in [0.1, 0.15) is 10.3 Å². The largest absolute Gasteiger partial charge is 0.332 e. The van der Waals surface area contributed by atoms with Gasteiger partial charge in [-0.2, -0.15) is 0 Å². The van der Waals surface area contributed by atoms with Gasteiger partial charge in [-0.1, -0.05) is 12.2 Å². The monoisotopic (exact) mass is 192 g/mol. The molecule has 0 amide bonds. The van der Waals surface area contributed by atoms with Crippen LogP contribution < -0.4 is 5.56 Å². The Kier molecular flexibility index (Phi) is 1.77. The molecule has 2 aromatic rings. The normalized spacial score (nSPS) is 10.5. The SMILES string of the molecule is Cc1cc2ccc(=O)[nH]c2[nH]c1=S. The highest BCUT2D eigenvalue weighted by atomic mass is 32.1. The average molecular weight is 192 g/mol. The van der Waals surface area contributed by atoms with Gasteiger partial charge >= 0.3 is 0 Å². The molecule has 2 N–H and O–H groups in total. The summed E-state index contributed by atoms with van der Waals surface area (Å²) in [7, 11) is 0. The van der Waals surface area contributed by atoms with Crippen molar-refractivity contribution in [2.24, 2.45) is 0 Å². The molecule has 0 spiro atoms. The molecule has 0 aliphatic rings. The summed E-state index contributed by atoms with van der Waals surface area (Å²) in [5.41, 5.74) is 1.57. The molecule has 2 heterocycles. The molecule has 0 atom stereocenters. The zero-order valence-corrected chi connectivity index (χ0v) is 7.87. The summed E-state index contributed by atoms with van der Waals surface area (Å²) >= 11 is 5.05. The van der Waals surface area contributed by atoms with Crippen LogP contribution in [0.1, 0.15) is 5.56 Å². The summed E-state index contributed by atoms with van der Waals surface area (Å²) in [4.78, 5) is 16.6. The molecule has 4 heteroatoms. The Bertz CT molecular complexity index is 568. The second-order valence-electron chi connectivity index (χ2n) is 2.93. The minimum atomic E-state index is -0.123. The van der Waals surface area contributed by atoms with Crippen molar-refractivity contribution in [1.29, 1.82) is 0 Å². The Labute approximate surface area is 79.4 Å². The number of rotatable bonds is 0. The van der Waals surface area contributed by atoms with Crippen molar-refractivity contribution < 1.29 is 0 Å². The van der Waals surface area contributed by atoms with Crippen molar-refractivity contribution in [2.45, 2.75) is 6.92 Å². The predicted octanol–water partition coefficient (Wildman–Crippen LogP) is 1.89. The number of aryl methyl sites for hydroxylation is 1. The number of H-pyrrole nitrogens is 2. The summed E-state index contributed by atoms with van der Waals surface area (Å²) < 4.78 is 0.661. The average Bonchev–Trinajstić information content (AvgIpc) is 2.08. The lowest BCUT2D eigenvalue weighted by Gasteiger charge is -1.98. The maximum atomic E-state index is 11.0. The van der Waals surface area contributed by atoms with Crippen molar-refractivity contribution in [3.63, 3.8) is 0 Å². The van der Waals surface area contributed by atoms with Gasteiger partial charge in [-0.15, -0.1) is 0 Å².